The molecule has 0 saturated heterocycles. The van der Waals surface area contributed by atoms with Gasteiger partial charge in [-0.05, 0) is 35.2 Å². The lowest BCUT2D eigenvalue weighted by Gasteiger charge is -2.17. The number of aliphatic hydroxyl groups is 1. The Hall–Kier alpha value is -1.72. The van der Waals surface area contributed by atoms with Crippen molar-refractivity contribution < 1.29 is 18.3 Å². The summed E-state index contributed by atoms with van der Waals surface area (Å²) in [5.41, 5.74) is 0. The van der Waals surface area contributed by atoms with E-state index >= 15 is 0 Å². The predicted molar refractivity (Wildman–Crippen MR) is 91.0 cm³/mol. The molecular weight excluding hydrogens is 312 g/mol. The Bertz CT molecular complexity index is 794. The first kappa shape index (κ1) is 17.6. The molecule has 0 aliphatic rings. The summed E-state index contributed by atoms with van der Waals surface area (Å²) in [6.45, 7) is 3.24. The SMILES string of the molecule is CC(C)C[C@@H](CS(=O)(=O)c1ccc2ccccc2c1)C(=O)CO. The molecule has 0 aliphatic heterocycles. The van der Waals surface area contributed by atoms with E-state index in [0.717, 1.165) is 10.8 Å². The molecule has 0 bridgehead atoms. The lowest BCUT2D eigenvalue weighted by atomic mass is 9.95. The largest absolute Gasteiger partial charge is 0.389 e. The second kappa shape index (κ2) is 7.23. The first-order valence-corrected chi connectivity index (χ1v) is 9.34. The van der Waals surface area contributed by atoms with E-state index in [9.17, 15) is 13.2 Å². The van der Waals surface area contributed by atoms with E-state index in [0.29, 0.717) is 6.42 Å². The molecule has 4 nitrogen and oxygen atoms in total. The fourth-order valence-corrected chi connectivity index (χ4v) is 4.34. The summed E-state index contributed by atoms with van der Waals surface area (Å²) in [4.78, 5) is 12.1. The first-order chi connectivity index (χ1) is 10.8. The summed E-state index contributed by atoms with van der Waals surface area (Å²) >= 11 is 0. The highest BCUT2D eigenvalue weighted by Gasteiger charge is 2.27. The molecule has 2 aromatic carbocycles. The number of rotatable bonds is 7. The first-order valence-electron chi connectivity index (χ1n) is 7.68. The third-order valence-corrected chi connectivity index (χ3v) is 5.68. The van der Waals surface area contributed by atoms with Crippen molar-refractivity contribution in [1.82, 2.24) is 0 Å². The van der Waals surface area contributed by atoms with Gasteiger partial charge in [-0.25, -0.2) is 8.42 Å². The number of hydrogen-bond acceptors (Lipinski definition) is 4. The van der Waals surface area contributed by atoms with Crippen LogP contribution < -0.4 is 0 Å². The van der Waals surface area contributed by atoms with E-state index in [1.807, 2.05) is 38.1 Å². The van der Waals surface area contributed by atoms with Crippen molar-refractivity contribution in [3.63, 3.8) is 0 Å². The Kier molecular flexibility index (Phi) is 5.55. The number of carbonyl (C=O) groups excluding carboxylic acids is 1. The molecule has 0 unspecified atom stereocenters. The number of Topliss-reactive ketones (excluding diaryl/α,β-unsaturated/α-hetero) is 1. The van der Waals surface area contributed by atoms with E-state index < -0.39 is 28.1 Å². The minimum atomic E-state index is -3.58. The van der Waals surface area contributed by atoms with Gasteiger partial charge in [0.25, 0.3) is 0 Å². The summed E-state index contributed by atoms with van der Waals surface area (Å²) in [5.74, 6) is -1.16. The quantitative estimate of drug-likeness (QED) is 0.845. The predicted octanol–water partition coefficient (Wildman–Crippen LogP) is 2.84. The van der Waals surface area contributed by atoms with Gasteiger partial charge in [0.05, 0.1) is 10.6 Å². The summed E-state index contributed by atoms with van der Waals surface area (Å²) < 4.78 is 25.3. The Labute approximate surface area is 137 Å². The molecule has 5 heteroatoms. The fraction of sp³-hybridized carbons (Fsp3) is 0.389. The maximum absolute atomic E-state index is 12.7. The van der Waals surface area contributed by atoms with Crippen molar-refractivity contribution in [2.75, 3.05) is 12.4 Å². The number of aliphatic hydroxyl groups excluding tert-OH is 1. The van der Waals surface area contributed by atoms with Gasteiger partial charge in [0.1, 0.15) is 6.61 Å². The Morgan fingerprint density at radius 3 is 2.35 bits per heavy atom. The molecule has 2 rings (SSSR count). The zero-order valence-corrected chi connectivity index (χ0v) is 14.2. The number of hydrogen-bond donors (Lipinski definition) is 1. The zero-order chi connectivity index (χ0) is 17.0. The standard InChI is InChI=1S/C18H22O4S/c1-13(2)9-16(18(20)11-19)12-23(21,22)17-8-7-14-5-3-4-6-15(14)10-17/h3-8,10,13,16,19H,9,11-12H2,1-2H3/t16-/m0/s1. The number of benzene rings is 2. The van der Waals surface area contributed by atoms with Gasteiger partial charge in [0.2, 0.25) is 0 Å². The fourth-order valence-electron chi connectivity index (χ4n) is 2.71. The molecule has 0 heterocycles. The van der Waals surface area contributed by atoms with Gasteiger partial charge in [0.15, 0.2) is 15.6 Å². The summed E-state index contributed by atoms with van der Waals surface area (Å²) in [6.07, 6.45) is 0.451. The molecule has 1 atom stereocenters. The number of fused-ring (bicyclic) bond motifs is 1. The number of ketones is 1. The lowest BCUT2D eigenvalue weighted by molar-refractivity contribution is -0.125. The van der Waals surface area contributed by atoms with Gasteiger partial charge >= 0.3 is 0 Å². The topological polar surface area (TPSA) is 71.4 Å². The lowest BCUT2D eigenvalue weighted by Crippen LogP contribution is -2.27. The van der Waals surface area contributed by atoms with Gasteiger partial charge in [-0.2, -0.15) is 0 Å². The van der Waals surface area contributed by atoms with Crippen molar-refractivity contribution in [2.45, 2.75) is 25.2 Å². The van der Waals surface area contributed by atoms with E-state index in [-0.39, 0.29) is 16.6 Å². The molecular formula is C18H22O4S. The zero-order valence-electron chi connectivity index (χ0n) is 13.4. The Morgan fingerprint density at radius 1 is 1.09 bits per heavy atom. The molecule has 0 aliphatic carbocycles. The maximum Gasteiger partial charge on any atom is 0.179 e. The molecule has 0 spiro atoms. The van der Waals surface area contributed by atoms with Crippen molar-refractivity contribution in [3.8, 4) is 0 Å². The number of sulfone groups is 1. The third kappa shape index (κ3) is 4.39. The maximum atomic E-state index is 12.7. The minimum absolute atomic E-state index is 0.183. The van der Waals surface area contributed by atoms with E-state index in [2.05, 4.69) is 0 Å². The van der Waals surface area contributed by atoms with Crippen LogP contribution >= 0.6 is 0 Å². The van der Waals surface area contributed by atoms with E-state index in [1.165, 1.54) is 0 Å². The van der Waals surface area contributed by atoms with E-state index in [1.54, 1.807) is 18.2 Å². The minimum Gasteiger partial charge on any atom is -0.389 e. The van der Waals surface area contributed by atoms with Crippen molar-refractivity contribution in [2.24, 2.45) is 11.8 Å². The highest BCUT2D eigenvalue weighted by molar-refractivity contribution is 7.91. The van der Waals surface area contributed by atoms with Gasteiger partial charge in [0, 0.05) is 5.92 Å². The van der Waals surface area contributed by atoms with Crippen LogP contribution in [0, 0.1) is 11.8 Å². The monoisotopic (exact) mass is 334 g/mol. The second-order valence-electron chi connectivity index (χ2n) is 6.24. The molecule has 2 aromatic rings. The molecule has 0 aromatic heterocycles. The van der Waals surface area contributed by atoms with Crippen molar-refractivity contribution >= 4 is 26.4 Å². The van der Waals surface area contributed by atoms with E-state index in [4.69, 9.17) is 5.11 Å². The number of carbonyl (C=O) groups is 1. The van der Waals surface area contributed by atoms with Crippen LogP contribution in [0.5, 0.6) is 0 Å². The van der Waals surface area contributed by atoms with Crippen LogP contribution in [0.4, 0.5) is 0 Å². The molecule has 1 N–H and O–H groups in total. The van der Waals surface area contributed by atoms with Crippen LogP contribution in [0.25, 0.3) is 10.8 Å². The molecule has 0 fully saturated rings. The Morgan fingerprint density at radius 2 is 1.74 bits per heavy atom. The van der Waals surface area contributed by atoms with Gasteiger partial charge < -0.3 is 5.11 Å². The summed E-state index contributed by atoms with van der Waals surface area (Å²) in [7, 11) is -3.58. The van der Waals surface area contributed by atoms with Crippen LogP contribution in [0.3, 0.4) is 0 Å². The van der Waals surface area contributed by atoms with Gasteiger partial charge in [-0.15, -0.1) is 0 Å². The van der Waals surface area contributed by atoms with Gasteiger partial charge in [-0.1, -0.05) is 44.2 Å². The van der Waals surface area contributed by atoms with Gasteiger partial charge in [-0.3, -0.25) is 4.79 Å². The average molecular weight is 334 g/mol. The molecule has 0 amide bonds. The molecule has 23 heavy (non-hydrogen) atoms. The van der Waals surface area contributed by atoms with Crippen LogP contribution in [-0.4, -0.2) is 31.7 Å². The average Bonchev–Trinajstić information content (AvgIpc) is 2.52. The molecule has 0 radical (unpaired) electrons. The smallest absolute Gasteiger partial charge is 0.179 e. The van der Waals surface area contributed by atoms with Crippen molar-refractivity contribution in [1.29, 1.82) is 0 Å². The van der Waals surface area contributed by atoms with Crippen molar-refractivity contribution in [3.05, 3.63) is 42.5 Å². The van der Waals surface area contributed by atoms with Crippen LogP contribution in [0.1, 0.15) is 20.3 Å². The summed E-state index contributed by atoms with van der Waals surface area (Å²) in [5, 5.41) is 10.9. The second-order valence-corrected chi connectivity index (χ2v) is 8.28. The highest BCUT2D eigenvalue weighted by Crippen LogP contribution is 2.23. The van der Waals surface area contributed by atoms with Crippen LogP contribution in [0.15, 0.2) is 47.4 Å². The summed E-state index contributed by atoms with van der Waals surface area (Å²) in [6, 6.07) is 12.5. The molecule has 124 valence electrons. The third-order valence-electron chi connectivity index (χ3n) is 3.87. The van der Waals surface area contributed by atoms with Crippen LogP contribution in [-0.2, 0) is 14.6 Å². The molecule has 0 saturated carbocycles. The normalized spacial score (nSPS) is 13.4. The van der Waals surface area contributed by atoms with Crippen LogP contribution in [0.2, 0.25) is 0 Å². The highest BCUT2D eigenvalue weighted by atomic mass is 32.2. The Balaban J connectivity index is 2.32.